The molecule has 0 radical (unpaired) electrons. The molecule has 0 aliphatic heterocycles. The topological polar surface area (TPSA) is 12.4 Å². The standard InChI is InChI=1S/C9H11N/c1-2-10-9-7-5-3-4-6-8-9/h2-5,7-8H,6H2,1H3. The summed E-state index contributed by atoms with van der Waals surface area (Å²) < 4.78 is 0. The van der Waals surface area contributed by atoms with E-state index in [0.717, 1.165) is 12.1 Å². The molecule has 0 unspecified atom stereocenters. The molecular weight excluding hydrogens is 122 g/mol. The number of aliphatic imine (C=N–C) groups is 1. The van der Waals surface area contributed by atoms with Crippen molar-refractivity contribution in [1.82, 2.24) is 0 Å². The predicted molar refractivity (Wildman–Crippen MR) is 45.1 cm³/mol. The van der Waals surface area contributed by atoms with E-state index in [-0.39, 0.29) is 0 Å². The van der Waals surface area contributed by atoms with E-state index in [2.05, 4.69) is 17.1 Å². The van der Waals surface area contributed by atoms with Gasteiger partial charge in [0, 0.05) is 6.21 Å². The van der Waals surface area contributed by atoms with Crippen molar-refractivity contribution in [3.8, 4) is 0 Å². The van der Waals surface area contributed by atoms with Gasteiger partial charge in [-0.2, -0.15) is 0 Å². The lowest BCUT2D eigenvalue weighted by molar-refractivity contribution is 1.31. The number of hydrogen-bond donors (Lipinski definition) is 0. The van der Waals surface area contributed by atoms with Crippen molar-refractivity contribution in [2.24, 2.45) is 4.99 Å². The van der Waals surface area contributed by atoms with E-state index < -0.39 is 0 Å². The molecule has 0 saturated heterocycles. The zero-order valence-electron chi connectivity index (χ0n) is 6.12. The van der Waals surface area contributed by atoms with Crippen molar-refractivity contribution in [1.29, 1.82) is 0 Å². The second-order valence-electron chi connectivity index (χ2n) is 2.04. The molecule has 0 spiro atoms. The van der Waals surface area contributed by atoms with Gasteiger partial charge in [0.05, 0.1) is 5.70 Å². The zero-order chi connectivity index (χ0) is 7.23. The third-order valence-electron chi connectivity index (χ3n) is 1.26. The molecule has 0 bridgehead atoms. The molecule has 1 nitrogen and oxygen atoms in total. The Balaban J connectivity index is 2.68. The number of rotatable bonds is 1. The van der Waals surface area contributed by atoms with Gasteiger partial charge in [-0.3, -0.25) is 4.99 Å². The molecule has 0 aromatic rings. The van der Waals surface area contributed by atoms with Gasteiger partial charge < -0.3 is 0 Å². The zero-order valence-corrected chi connectivity index (χ0v) is 6.12. The van der Waals surface area contributed by atoms with E-state index in [4.69, 9.17) is 0 Å². The Morgan fingerprint density at radius 3 is 3.20 bits per heavy atom. The molecular formula is C9H11N. The molecule has 0 N–H and O–H groups in total. The Kier molecular flexibility index (Phi) is 2.68. The monoisotopic (exact) mass is 133 g/mol. The molecule has 1 aliphatic carbocycles. The summed E-state index contributed by atoms with van der Waals surface area (Å²) in [5, 5.41) is 0. The first-order valence-corrected chi connectivity index (χ1v) is 3.45. The second-order valence-corrected chi connectivity index (χ2v) is 2.04. The smallest absolute Gasteiger partial charge is 0.0588 e. The van der Waals surface area contributed by atoms with Gasteiger partial charge in [0.25, 0.3) is 0 Å². The summed E-state index contributed by atoms with van der Waals surface area (Å²) in [7, 11) is 0. The molecule has 0 saturated carbocycles. The third kappa shape index (κ3) is 2.02. The van der Waals surface area contributed by atoms with Crippen LogP contribution in [0.15, 0.2) is 41.1 Å². The highest BCUT2D eigenvalue weighted by atomic mass is 14.7. The third-order valence-corrected chi connectivity index (χ3v) is 1.26. The van der Waals surface area contributed by atoms with Crippen molar-refractivity contribution >= 4 is 6.21 Å². The first-order valence-electron chi connectivity index (χ1n) is 3.45. The Morgan fingerprint density at radius 2 is 2.40 bits per heavy atom. The Morgan fingerprint density at radius 1 is 1.50 bits per heavy atom. The molecule has 0 atom stereocenters. The van der Waals surface area contributed by atoms with Crippen molar-refractivity contribution < 1.29 is 0 Å². The van der Waals surface area contributed by atoms with Crippen LogP contribution in [0, 0.1) is 0 Å². The van der Waals surface area contributed by atoms with E-state index >= 15 is 0 Å². The molecule has 0 heterocycles. The lowest BCUT2D eigenvalue weighted by Crippen LogP contribution is -1.70. The summed E-state index contributed by atoms with van der Waals surface area (Å²) in [5.41, 5.74) is 1.05. The van der Waals surface area contributed by atoms with Crippen LogP contribution in [-0.4, -0.2) is 6.21 Å². The predicted octanol–water partition coefficient (Wildman–Crippen LogP) is 2.48. The summed E-state index contributed by atoms with van der Waals surface area (Å²) in [5.74, 6) is 0. The van der Waals surface area contributed by atoms with Gasteiger partial charge in [-0.25, -0.2) is 0 Å². The molecule has 1 aliphatic rings. The van der Waals surface area contributed by atoms with Gasteiger partial charge in [0.15, 0.2) is 0 Å². The van der Waals surface area contributed by atoms with Crippen LogP contribution in [0.2, 0.25) is 0 Å². The van der Waals surface area contributed by atoms with Crippen molar-refractivity contribution in [2.75, 3.05) is 0 Å². The van der Waals surface area contributed by atoms with Crippen LogP contribution < -0.4 is 0 Å². The Labute approximate surface area is 61.5 Å². The van der Waals surface area contributed by atoms with Gasteiger partial charge in [-0.1, -0.05) is 24.3 Å². The van der Waals surface area contributed by atoms with Crippen LogP contribution in [0.5, 0.6) is 0 Å². The number of nitrogens with zero attached hydrogens (tertiary/aromatic N) is 1. The van der Waals surface area contributed by atoms with Crippen LogP contribution in [0.3, 0.4) is 0 Å². The van der Waals surface area contributed by atoms with E-state index in [9.17, 15) is 0 Å². The lowest BCUT2D eigenvalue weighted by Gasteiger charge is -1.87. The molecule has 0 amide bonds. The van der Waals surface area contributed by atoms with Crippen molar-refractivity contribution in [3.63, 3.8) is 0 Å². The lowest BCUT2D eigenvalue weighted by atomic mass is 10.3. The molecule has 0 aromatic heterocycles. The van der Waals surface area contributed by atoms with Gasteiger partial charge in [0.2, 0.25) is 0 Å². The van der Waals surface area contributed by atoms with E-state index in [0.29, 0.717) is 0 Å². The Bertz CT molecular complexity index is 207. The fraction of sp³-hybridized carbons (Fsp3) is 0.222. The highest BCUT2D eigenvalue weighted by molar-refractivity contribution is 5.56. The molecule has 0 aromatic carbocycles. The SMILES string of the molecule is CC=NC1=CCC=CC=C1. The maximum absolute atomic E-state index is 4.15. The van der Waals surface area contributed by atoms with E-state index in [1.807, 2.05) is 31.4 Å². The largest absolute Gasteiger partial charge is 0.262 e. The molecule has 52 valence electrons. The molecule has 0 fully saturated rings. The van der Waals surface area contributed by atoms with Crippen LogP contribution in [0.4, 0.5) is 0 Å². The number of hydrogen-bond acceptors (Lipinski definition) is 1. The van der Waals surface area contributed by atoms with Gasteiger partial charge in [-0.15, -0.1) is 0 Å². The second kappa shape index (κ2) is 3.83. The normalized spacial score (nSPS) is 17.5. The summed E-state index contributed by atoms with van der Waals surface area (Å²) >= 11 is 0. The van der Waals surface area contributed by atoms with Crippen molar-refractivity contribution in [2.45, 2.75) is 13.3 Å². The molecule has 10 heavy (non-hydrogen) atoms. The molecule has 1 rings (SSSR count). The average Bonchev–Trinajstić information content (AvgIpc) is 2.17. The quantitative estimate of drug-likeness (QED) is 0.487. The first-order chi connectivity index (χ1) is 4.93. The van der Waals surface area contributed by atoms with Crippen LogP contribution in [0.1, 0.15) is 13.3 Å². The first kappa shape index (κ1) is 7.00. The van der Waals surface area contributed by atoms with Gasteiger partial charge in [0.1, 0.15) is 0 Å². The van der Waals surface area contributed by atoms with Crippen LogP contribution in [-0.2, 0) is 0 Å². The minimum atomic E-state index is 0.986. The highest BCUT2D eigenvalue weighted by Gasteiger charge is 1.86. The molecule has 1 heteroatoms. The summed E-state index contributed by atoms with van der Waals surface area (Å²) in [6.07, 6.45) is 13.0. The van der Waals surface area contributed by atoms with Gasteiger partial charge in [-0.05, 0) is 19.4 Å². The summed E-state index contributed by atoms with van der Waals surface area (Å²) in [6, 6.07) is 0. The number of allylic oxidation sites excluding steroid dienone is 5. The minimum Gasteiger partial charge on any atom is -0.262 e. The Hall–Kier alpha value is -1.11. The highest BCUT2D eigenvalue weighted by Crippen LogP contribution is 2.04. The maximum Gasteiger partial charge on any atom is 0.0588 e. The van der Waals surface area contributed by atoms with Gasteiger partial charge >= 0.3 is 0 Å². The average molecular weight is 133 g/mol. The summed E-state index contributed by atoms with van der Waals surface area (Å²) in [6.45, 7) is 1.92. The van der Waals surface area contributed by atoms with Crippen LogP contribution >= 0.6 is 0 Å². The summed E-state index contributed by atoms with van der Waals surface area (Å²) in [4.78, 5) is 4.15. The van der Waals surface area contributed by atoms with E-state index in [1.54, 1.807) is 0 Å². The minimum absolute atomic E-state index is 0.986. The maximum atomic E-state index is 4.15. The fourth-order valence-electron chi connectivity index (χ4n) is 0.813. The van der Waals surface area contributed by atoms with Crippen LogP contribution in [0.25, 0.3) is 0 Å². The fourth-order valence-corrected chi connectivity index (χ4v) is 0.813. The van der Waals surface area contributed by atoms with E-state index in [1.165, 1.54) is 0 Å². The van der Waals surface area contributed by atoms with Crippen molar-refractivity contribution in [3.05, 3.63) is 36.1 Å².